The molecule has 1 spiro atoms. The SMILES string of the molecule is C[C@]12/C=C\CCCCOC(=O)[C@H]1[C@H]1C(=O)N(CCCO)C3C(=O)N(c4ccccc4Cl)CC=C[C@@]31S2. The molecule has 0 aliphatic carbocycles. The van der Waals surface area contributed by atoms with E-state index in [1.165, 1.54) is 11.8 Å². The van der Waals surface area contributed by atoms with Gasteiger partial charge in [-0.25, -0.2) is 0 Å². The Kier molecular flexibility index (Phi) is 6.96. The number of aliphatic hydroxyl groups is 1. The van der Waals surface area contributed by atoms with Crippen LogP contribution in [0.3, 0.4) is 0 Å². The first-order valence-electron chi connectivity index (χ1n) is 12.5. The van der Waals surface area contributed by atoms with Crippen LogP contribution in [-0.2, 0) is 19.1 Å². The van der Waals surface area contributed by atoms with Gasteiger partial charge in [0.15, 0.2) is 0 Å². The van der Waals surface area contributed by atoms with Gasteiger partial charge in [-0.05, 0) is 44.7 Å². The number of halogens is 1. The molecule has 36 heavy (non-hydrogen) atoms. The van der Waals surface area contributed by atoms with Crippen LogP contribution in [0, 0.1) is 11.8 Å². The lowest BCUT2D eigenvalue weighted by molar-refractivity contribution is -0.154. The van der Waals surface area contributed by atoms with E-state index in [0.717, 1.165) is 19.3 Å². The van der Waals surface area contributed by atoms with E-state index in [-0.39, 0.29) is 30.9 Å². The fourth-order valence-electron chi connectivity index (χ4n) is 6.17. The summed E-state index contributed by atoms with van der Waals surface area (Å²) in [7, 11) is 0. The number of thioether (sulfide) groups is 1. The van der Waals surface area contributed by atoms with Gasteiger partial charge >= 0.3 is 5.97 Å². The lowest BCUT2D eigenvalue weighted by Crippen LogP contribution is -2.53. The Morgan fingerprint density at radius 1 is 1.11 bits per heavy atom. The zero-order valence-electron chi connectivity index (χ0n) is 20.3. The summed E-state index contributed by atoms with van der Waals surface area (Å²) >= 11 is 8.00. The summed E-state index contributed by atoms with van der Waals surface area (Å²) < 4.78 is 4.02. The number of hydrogen-bond acceptors (Lipinski definition) is 6. The highest BCUT2D eigenvalue weighted by Crippen LogP contribution is 2.65. The summed E-state index contributed by atoms with van der Waals surface area (Å²) in [6.07, 6.45) is 10.9. The summed E-state index contributed by atoms with van der Waals surface area (Å²) in [6.45, 7) is 2.73. The Morgan fingerprint density at radius 3 is 2.69 bits per heavy atom. The average Bonchev–Trinajstić information content (AvgIpc) is 3.18. The quantitative estimate of drug-likeness (QED) is 0.473. The minimum absolute atomic E-state index is 0.106. The molecule has 192 valence electrons. The minimum Gasteiger partial charge on any atom is -0.465 e. The van der Waals surface area contributed by atoms with Crippen LogP contribution in [0.4, 0.5) is 5.69 Å². The van der Waals surface area contributed by atoms with Gasteiger partial charge in [-0.3, -0.25) is 14.4 Å². The highest BCUT2D eigenvalue weighted by molar-refractivity contribution is 8.02. The van der Waals surface area contributed by atoms with E-state index in [9.17, 15) is 19.5 Å². The van der Waals surface area contributed by atoms with E-state index in [1.54, 1.807) is 21.9 Å². The van der Waals surface area contributed by atoms with E-state index in [0.29, 0.717) is 30.3 Å². The lowest BCUT2D eigenvalue weighted by Gasteiger charge is -2.37. The number of rotatable bonds is 4. The maximum Gasteiger partial charge on any atom is 0.311 e. The van der Waals surface area contributed by atoms with Crippen molar-refractivity contribution in [3.8, 4) is 0 Å². The second kappa shape index (κ2) is 9.88. The van der Waals surface area contributed by atoms with Crippen LogP contribution >= 0.6 is 23.4 Å². The number of hydrogen-bond donors (Lipinski definition) is 1. The lowest BCUT2D eigenvalue weighted by atomic mass is 9.74. The van der Waals surface area contributed by atoms with Gasteiger partial charge in [-0.1, -0.05) is 48.0 Å². The third-order valence-electron chi connectivity index (χ3n) is 7.70. The summed E-state index contributed by atoms with van der Waals surface area (Å²) in [5.41, 5.74) is 0.580. The normalized spacial score (nSPS) is 35.1. The second-order valence-electron chi connectivity index (χ2n) is 9.97. The molecule has 2 fully saturated rings. The van der Waals surface area contributed by atoms with Gasteiger partial charge in [0.1, 0.15) is 6.04 Å². The van der Waals surface area contributed by atoms with Gasteiger partial charge in [-0.15, -0.1) is 11.8 Å². The predicted molar refractivity (Wildman–Crippen MR) is 140 cm³/mol. The average molecular weight is 531 g/mol. The molecule has 0 bridgehead atoms. The van der Waals surface area contributed by atoms with Crippen LogP contribution in [0.1, 0.15) is 32.6 Å². The third kappa shape index (κ3) is 3.98. The van der Waals surface area contributed by atoms with Crippen molar-refractivity contribution in [3.63, 3.8) is 0 Å². The fourth-order valence-corrected chi connectivity index (χ4v) is 8.56. The molecule has 0 saturated carbocycles. The van der Waals surface area contributed by atoms with Crippen molar-refractivity contribution >= 4 is 46.8 Å². The molecule has 4 heterocycles. The number of para-hydroxylation sites is 1. The summed E-state index contributed by atoms with van der Waals surface area (Å²) in [5.74, 6) is -2.34. The van der Waals surface area contributed by atoms with Gasteiger partial charge in [0.2, 0.25) is 5.91 Å². The van der Waals surface area contributed by atoms with Crippen LogP contribution in [0.5, 0.6) is 0 Å². The number of allylic oxidation sites excluding steroid dienone is 1. The molecule has 0 aromatic heterocycles. The maximum atomic E-state index is 14.3. The first kappa shape index (κ1) is 25.4. The molecular weight excluding hydrogens is 500 g/mol. The summed E-state index contributed by atoms with van der Waals surface area (Å²) in [5, 5.41) is 9.99. The number of cyclic esters (lactones) is 1. The molecule has 4 aliphatic heterocycles. The molecule has 1 unspecified atom stereocenters. The molecule has 1 aromatic rings. The maximum absolute atomic E-state index is 14.3. The molecule has 9 heteroatoms. The number of carbonyl (C=O) groups is 3. The zero-order chi connectivity index (χ0) is 25.5. The van der Waals surface area contributed by atoms with Crippen molar-refractivity contribution in [2.45, 2.75) is 48.1 Å². The highest BCUT2D eigenvalue weighted by atomic mass is 35.5. The van der Waals surface area contributed by atoms with Gasteiger partial charge in [0, 0.05) is 24.4 Å². The van der Waals surface area contributed by atoms with Crippen molar-refractivity contribution in [2.24, 2.45) is 11.8 Å². The molecule has 0 radical (unpaired) electrons. The molecule has 5 atom stereocenters. The van der Waals surface area contributed by atoms with Crippen molar-refractivity contribution < 1.29 is 24.2 Å². The Labute approximate surface area is 220 Å². The number of fused-ring (bicyclic) bond motifs is 2. The number of ether oxygens (including phenoxy) is 1. The van der Waals surface area contributed by atoms with E-state index in [2.05, 4.69) is 6.08 Å². The summed E-state index contributed by atoms with van der Waals surface area (Å²) in [4.78, 5) is 45.1. The Hall–Kier alpha value is -2.29. The monoisotopic (exact) mass is 530 g/mol. The number of amides is 2. The van der Waals surface area contributed by atoms with Crippen LogP contribution in [0.25, 0.3) is 0 Å². The molecule has 1 N–H and O–H groups in total. The van der Waals surface area contributed by atoms with E-state index < -0.39 is 27.4 Å². The highest BCUT2D eigenvalue weighted by Gasteiger charge is 2.73. The van der Waals surface area contributed by atoms with Crippen molar-refractivity contribution in [1.82, 2.24) is 4.90 Å². The van der Waals surface area contributed by atoms with E-state index in [1.807, 2.05) is 37.3 Å². The van der Waals surface area contributed by atoms with Crippen LogP contribution < -0.4 is 4.90 Å². The Bertz CT molecular complexity index is 1130. The van der Waals surface area contributed by atoms with Crippen LogP contribution in [-0.4, -0.2) is 69.6 Å². The number of aliphatic hydroxyl groups excluding tert-OH is 1. The van der Waals surface area contributed by atoms with Gasteiger partial charge in [-0.2, -0.15) is 0 Å². The topological polar surface area (TPSA) is 87.1 Å². The second-order valence-corrected chi connectivity index (χ2v) is 12.2. The first-order chi connectivity index (χ1) is 17.3. The van der Waals surface area contributed by atoms with Crippen molar-refractivity contribution in [3.05, 3.63) is 53.6 Å². The minimum atomic E-state index is -0.948. The molecule has 5 rings (SSSR count). The van der Waals surface area contributed by atoms with E-state index in [4.69, 9.17) is 16.3 Å². The number of nitrogens with zero attached hydrogens (tertiary/aromatic N) is 2. The molecule has 7 nitrogen and oxygen atoms in total. The number of anilines is 1. The fraction of sp³-hybridized carbons (Fsp3) is 0.519. The molecule has 2 amide bonds. The molecule has 1 aromatic carbocycles. The van der Waals surface area contributed by atoms with Crippen LogP contribution in [0.15, 0.2) is 48.6 Å². The van der Waals surface area contributed by atoms with Gasteiger partial charge in [0.25, 0.3) is 5.91 Å². The Morgan fingerprint density at radius 2 is 1.92 bits per heavy atom. The van der Waals surface area contributed by atoms with E-state index >= 15 is 0 Å². The zero-order valence-corrected chi connectivity index (χ0v) is 21.8. The first-order valence-corrected chi connectivity index (χ1v) is 13.7. The van der Waals surface area contributed by atoms with Crippen molar-refractivity contribution in [1.29, 1.82) is 0 Å². The number of esters is 1. The third-order valence-corrected chi connectivity index (χ3v) is 9.82. The standard InChI is InChI=1S/C27H31ClN2O5S/c1-26-12-6-2-3-7-17-35-25(34)21(26)20-23(32)30(15-9-16-31)22-24(33)29(14-8-13-27(20,22)36-26)19-11-5-4-10-18(19)28/h4-6,8,10-13,20-22,31H,2-3,7,9,14-17H2,1H3/b12-6-/t20-,21+,22?,26-,27-/m0/s1. The van der Waals surface area contributed by atoms with Gasteiger partial charge in [0.05, 0.1) is 33.9 Å². The molecular formula is C27H31ClN2O5S. The number of likely N-dealkylation sites (tertiary alicyclic amines) is 1. The van der Waals surface area contributed by atoms with Gasteiger partial charge < -0.3 is 19.6 Å². The molecule has 4 aliphatic rings. The smallest absolute Gasteiger partial charge is 0.311 e. The number of benzene rings is 1. The molecule has 2 saturated heterocycles. The van der Waals surface area contributed by atoms with Crippen LogP contribution in [0.2, 0.25) is 5.02 Å². The summed E-state index contributed by atoms with van der Waals surface area (Å²) in [6, 6.07) is 6.33. The predicted octanol–water partition coefficient (Wildman–Crippen LogP) is 3.60. The Balaban J connectivity index is 1.64. The number of carbonyl (C=O) groups excluding carboxylic acids is 3. The largest absolute Gasteiger partial charge is 0.465 e. The van der Waals surface area contributed by atoms with Crippen molar-refractivity contribution in [2.75, 3.05) is 31.2 Å².